The number of allylic oxidation sites excluding steroid dienone is 10. The third-order valence-electron chi connectivity index (χ3n) is 17.8. The van der Waals surface area contributed by atoms with Gasteiger partial charge in [-0.2, -0.15) is 0 Å². The lowest BCUT2D eigenvalue weighted by molar-refractivity contribution is -0.870. The monoisotopic (exact) mass is 1300 g/mol. The lowest BCUT2D eigenvalue weighted by Gasteiger charge is -2.24. The standard InChI is InChI=1S/C81H152NO8P/c1-6-8-10-12-14-16-18-20-22-24-26-28-30-32-34-36-38-39-40-41-42-44-45-47-49-51-53-55-57-59-61-63-65-67-69-71-73-80(83)87-77-79(78-89-91(85,86)88-76-75-82(3,4)5)90-81(84)74-72-70-68-66-64-62-60-58-56-54-52-50-48-46-43-37-35-33-31-29-27-25-23-21-19-17-15-13-11-9-7-2/h9,11,15,17,21,23,27,29,33,35,79H,6-8,10,12-14,16,18-20,22,24-26,28,30-32,34,36-78H2,1-5H3/p+1/b11-9-,17-15-,23-21-,29-27-,35-33-. The van der Waals surface area contributed by atoms with E-state index in [1.165, 1.54) is 295 Å². The van der Waals surface area contributed by atoms with Gasteiger partial charge < -0.3 is 18.9 Å². The van der Waals surface area contributed by atoms with E-state index in [1.54, 1.807) is 0 Å². The summed E-state index contributed by atoms with van der Waals surface area (Å²) in [5.41, 5.74) is 0. The highest BCUT2D eigenvalue weighted by atomic mass is 31.2. The number of unbranched alkanes of at least 4 members (excludes halogenated alkanes) is 50. The van der Waals surface area contributed by atoms with Crippen molar-refractivity contribution in [2.75, 3.05) is 47.5 Å². The van der Waals surface area contributed by atoms with E-state index < -0.39 is 26.5 Å². The Kier molecular flexibility index (Phi) is 70.2. The van der Waals surface area contributed by atoms with Gasteiger partial charge >= 0.3 is 19.8 Å². The number of phosphoric acid groups is 1. The van der Waals surface area contributed by atoms with E-state index in [4.69, 9.17) is 18.5 Å². The zero-order valence-electron chi connectivity index (χ0n) is 61.1. The highest BCUT2D eigenvalue weighted by Gasteiger charge is 2.27. The fraction of sp³-hybridized carbons (Fsp3) is 0.852. The van der Waals surface area contributed by atoms with Crippen molar-refractivity contribution in [3.05, 3.63) is 60.8 Å². The Balaban J connectivity index is 3.92. The fourth-order valence-electron chi connectivity index (χ4n) is 11.8. The highest BCUT2D eigenvalue weighted by Crippen LogP contribution is 2.43. The number of esters is 2. The summed E-state index contributed by atoms with van der Waals surface area (Å²) in [5.74, 6) is -0.778. The van der Waals surface area contributed by atoms with Crippen molar-refractivity contribution in [3.63, 3.8) is 0 Å². The molecule has 0 radical (unpaired) electrons. The average Bonchev–Trinajstić information content (AvgIpc) is 3.30. The van der Waals surface area contributed by atoms with Gasteiger partial charge in [-0.15, -0.1) is 0 Å². The van der Waals surface area contributed by atoms with Crippen molar-refractivity contribution < 1.29 is 42.1 Å². The number of rotatable bonds is 74. The van der Waals surface area contributed by atoms with Crippen LogP contribution in [0, 0.1) is 0 Å². The van der Waals surface area contributed by atoms with Crippen LogP contribution in [0.25, 0.3) is 0 Å². The van der Waals surface area contributed by atoms with Crippen LogP contribution in [0.5, 0.6) is 0 Å². The van der Waals surface area contributed by atoms with Crippen LogP contribution in [0.3, 0.4) is 0 Å². The van der Waals surface area contributed by atoms with Crippen LogP contribution in [-0.4, -0.2) is 74.9 Å². The van der Waals surface area contributed by atoms with Crippen molar-refractivity contribution in [2.45, 2.75) is 399 Å². The molecule has 0 saturated carbocycles. The summed E-state index contributed by atoms with van der Waals surface area (Å²) in [4.78, 5) is 36.0. The van der Waals surface area contributed by atoms with Crippen LogP contribution < -0.4 is 0 Å². The minimum atomic E-state index is -4.39. The second-order valence-corrected chi connectivity index (χ2v) is 29.5. The first-order valence-corrected chi connectivity index (χ1v) is 41.0. The Labute approximate surface area is 566 Å². The summed E-state index contributed by atoms with van der Waals surface area (Å²) in [7, 11) is 1.49. The van der Waals surface area contributed by atoms with Crippen molar-refractivity contribution in [1.29, 1.82) is 0 Å². The predicted molar refractivity (Wildman–Crippen MR) is 395 cm³/mol. The Morgan fingerprint density at radius 3 is 0.934 bits per heavy atom. The molecule has 1 N–H and O–H groups in total. The van der Waals surface area contributed by atoms with Crippen molar-refractivity contribution in [1.82, 2.24) is 0 Å². The van der Waals surface area contributed by atoms with Gasteiger partial charge in [-0.05, 0) is 57.8 Å². The molecule has 0 amide bonds. The predicted octanol–water partition coefficient (Wildman–Crippen LogP) is 26.1. The van der Waals surface area contributed by atoms with Crippen LogP contribution in [0.15, 0.2) is 60.8 Å². The molecule has 0 heterocycles. The average molecular weight is 1300 g/mol. The van der Waals surface area contributed by atoms with Gasteiger partial charge in [0.25, 0.3) is 0 Å². The molecule has 0 aliphatic carbocycles. The first-order chi connectivity index (χ1) is 44.5. The van der Waals surface area contributed by atoms with Gasteiger partial charge in [0.05, 0.1) is 27.7 Å². The molecular formula is C81H153NO8P+. The number of quaternary nitrogens is 1. The molecule has 2 unspecified atom stereocenters. The van der Waals surface area contributed by atoms with E-state index in [-0.39, 0.29) is 25.6 Å². The van der Waals surface area contributed by atoms with Gasteiger partial charge in [0.1, 0.15) is 19.8 Å². The smallest absolute Gasteiger partial charge is 0.462 e. The Morgan fingerprint density at radius 2 is 0.626 bits per heavy atom. The molecule has 0 rings (SSSR count). The second kappa shape index (κ2) is 72.0. The lowest BCUT2D eigenvalue weighted by Crippen LogP contribution is -2.37. The second-order valence-electron chi connectivity index (χ2n) is 28.1. The van der Waals surface area contributed by atoms with Crippen molar-refractivity contribution in [2.24, 2.45) is 0 Å². The quantitative estimate of drug-likeness (QED) is 0.0211. The van der Waals surface area contributed by atoms with Gasteiger partial charge in [0, 0.05) is 12.8 Å². The molecule has 0 spiro atoms. The summed E-state index contributed by atoms with van der Waals surface area (Å²) < 4.78 is 34.8. The number of carbonyl (C=O) groups is 2. The van der Waals surface area contributed by atoms with E-state index in [0.29, 0.717) is 23.9 Å². The van der Waals surface area contributed by atoms with E-state index >= 15 is 0 Å². The minimum absolute atomic E-state index is 0.0329. The highest BCUT2D eigenvalue weighted by molar-refractivity contribution is 7.47. The lowest BCUT2D eigenvalue weighted by atomic mass is 10.0. The molecule has 2 atom stereocenters. The van der Waals surface area contributed by atoms with Crippen molar-refractivity contribution >= 4 is 19.8 Å². The molecule has 0 aliphatic heterocycles. The number of nitrogens with zero attached hydrogens (tertiary/aromatic N) is 1. The third-order valence-corrected chi connectivity index (χ3v) is 18.8. The number of hydrogen-bond acceptors (Lipinski definition) is 7. The fourth-order valence-corrected chi connectivity index (χ4v) is 12.6. The van der Waals surface area contributed by atoms with Gasteiger partial charge in [-0.25, -0.2) is 4.57 Å². The van der Waals surface area contributed by atoms with Crippen molar-refractivity contribution in [3.8, 4) is 0 Å². The first-order valence-electron chi connectivity index (χ1n) is 39.5. The van der Waals surface area contributed by atoms with Gasteiger partial charge in [-0.1, -0.05) is 383 Å². The number of likely N-dealkylation sites (N-methyl/N-ethyl adjacent to an activating group) is 1. The first kappa shape index (κ1) is 88.7. The zero-order valence-corrected chi connectivity index (χ0v) is 62.0. The summed E-state index contributed by atoms with van der Waals surface area (Å²) in [6, 6.07) is 0. The number of carbonyl (C=O) groups excluding carboxylic acids is 2. The minimum Gasteiger partial charge on any atom is -0.462 e. The molecule has 0 aliphatic rings. The van der Waals surface area contributed by atoms with Crippen LogP contribution in [0.2, 0.25) is 0 Å². The maximum Gasteiger partial charge on any atom is 0.472 e. The third kappa shape index (κ3) is 76.6. The molecule has 534 valence electrons. The zero-order chi connectivity index (χ0) is 66.2. The summed E-state index contributed by atoms with van der Waals surface area (Å²) in [6.45, 7) is 4.39. The number of ether oxygens (including phenoxy) is 2. The molecule has 0 aromatic heterocycles. The molecule has 0 bridgehead atoms. The Hall–Kier alpha value is -2.29. The summed E-state index contributed by atoms with van der Waals surface area (Å²) in [6.07, 6.45) is 96.6. The van der Waals surface area contributed by atoms with Crippen LogP contribution in [0.1, 0.15) is 393 Å². The largest absolute Gasteiger partial charge is 0.472 e. The van der Waals surface area contributed by atoms with Crippen LogP contribution >= 0.6 is 7.82 Å². The Morgan fingerprint density at radius 1 is 0.352 bits per heavy atom. The molecular weight excluding hydrogens is 1150 g/mol. The van der Waals surface area contributed by atoms with E-state index in [1.807, 2.05) is 21.1 Å². The van der Waals surface area contributed by atoms with Crippen LogP contribution in [-0.2, 0) is 32.7 Å². The molecule has 0 aromatic rings. The number of hydrogen-bond donors (Lipinski definition) is 1. The molecule has 0 fully saturated rings. The molecule has 9 nitrogen and oxygen atoms in total. The Bertz CT molecular complexity index is 1720. The van der Waals surface area contributed by atoms with E-state index in [0.717, 1.165) is 64.2 Å². The van der Waals surface area contributed by atoms with Gasteiger partial charge in [-0.3, -0.25) is 18.6 Å². The molecule has 0 saturated heterocycles. The molecule has 10 heteroatoms. The maximum atomic E-state index is 12.9. The molecule has 91 heavy (non-hydrogen) atoms. The summed E-state index contributed by atoms with van der Waals surface area (Å²) >= 11 is 0. The van der Waals surface area contributed by atoms with E-state index in [2.05, 4.69) is 74.6 Å². The van der Waals surface area contributed by atoms with Crippen LogP contribution in [0.4, 0.5) is 0 Å². The topological polar surface area (TPSA) is 108 Å². The molecule has 0 aromatic carbocycles. The maximum absolute atomic E-state index is 12.9. The van der Waals surface area contributed by atoms with E-state index in [9.17, 15) is 19.0 Å². The SMILES string of the molecule is CC/C=C\C/C=C\C/C=C\C/C=C\C/C=C\CCCCCCCCCCCCCCCCCC(=O)OC(COC(=O)CCCCCCCCCCCCCCCCCCCCCCCCCCCCCCCCCCCCCC)COP(=O)(O)OCC[N+](C)(C)C. The van der Waals surface area contributed by atoms with Gasteiger partial charge in [0.15, 0.2) is 6.10 Å². The number of phosphoric ester groups is 1. The normalized spacial score (nSPS) is 13.3. The van der Waals surface area contributed by atoms with Gasteiger partial charge in [0.2, 0.25) is 0 Å². The summed E-state index contributed by atoms with van der Waals surface area (Å²) in [5, 5.41) is 0.